The fourth-order valence-corrected chi connectivity index (χ4v) is 4.25. The van der Waals surface area contributed by atoms with E-state index in [0.717, 1.165) is 15.5 Å². The predicted octanol–water partition coefficient (Wildman–Crippen LogP) is 3.60. The first-order valence-electron chi connectivity index (χ1n) is 8.43. The summed E-state index contributed by atoms with van der Waals surface area (Å²) in [5.41, 5.74) is 1.03. The Morgan fingerprint density at radius 3 is 2.44 bits per heavy atom. The van der Waals surface area contributed by atoms with Crippen LogP contribution in [0, 0.1) is 0 Å². The minimum atomic E-state index is -3.66. The monoisotopic (exact) mass is 408 g/mol. The first kappa shape index (κ1) is 21.1. The molecule has 0 aromatic heterocycles. The average Bonchev–Trinajstić information content (AvgIpc) is 2.62. The molecule has 1 atom stereocenters. The topological polar surface area (TPSA) is 75.7 Å². The van der Waals surface area contributed by atoms with E-state index in [0.29, 0.717) is 23.7 Å². The van der Waals surface area contributed by atoms with E-state index in [-0.39, 0.29) is 0 Å². The Labute approximate surface area is 165 Å². The number of nitrogens with one attached hydrogen (secondary N) is 1. The molecule has 0 bridgehead atoms. The van der Waals surface area contributed by atoms with Gasteiger partial charge >= 0.3 is 0 Å². The lowest BCUT2D eigenvalue weighted by Crippen LogP contribution is -2.45. The highest BCUT2D eigenvalue weighted by Gasteiger charge is 2.29. The van der Waals surface area contributed by atoms with Gasteiger partial charge in [0.25, 0.3) is 0 Å². The van der Waals surface area contributed by atoms with Crippen LogP contribution >= 0.6 is 11.8 Å². The van der Waals surface area contributed by atoms with E-state index in [1.807, 2.05) is 31.4 Å². The quantitative estimate of drug-likeness (QED) is 0.676. The van der Waals surface area contributed by atoms with Crippen LogP contribution in [-0.2, 0) is 14.8 Å². The van der Waals surface area contributed by atoms with Crippen molar-refractivity contribution in [3.8, 4) is 5.75 Å². The van der Waals surface area contributed by atoms with Crippen LogP contribution in [0.1, 0.15) is 13.8 Å². The van der Waals surface area contributed by atoms with E-state index < -0.39 is 22.0 Å². The van der Waals surface area contributed by atoms with Gasteiger partial charge in [-0.25, -0.2) is 8.42 Å². The van der Waals surface area contributed by atoms with Crippen molar-refractivity contribution in [2.24, 2.45) is 0 Å². The minimum Gasteiger partial charge on any atom is -0.494 e. The van der Waals surface area contributed by atoms with Gasteiger partial charge in [-0.15, -0.1) is 11.8 Å². The Morgan fingerprint density at radius 1 is 1.22 bits per heavy atom. The molecule has 0 aliphatic carbocycles. The van der Waals surface area contributed by atoms with Crippen LogP contribution in [0.2, 0.25) is 0 Å². The van der Waals surface area contributed by atoms with Crippen molar-refractivity contribution in [3.05, 3.63) is 48.5 Å². The molecule has 27 heavy (non-hydrogen) atoms. The highest BCUT2D eigenvalue weighted by atomic mass is 32.2. The molecule has 146 valence electrons. The van der Waals surface area contributed by atoms with Gasteiger partial charge in [-0.05, 0) is 62.6 Å². The van der Waals surface area contributed by atoms with Gasteiger partial charge in [0.1, 0.15) is 11.8 Å². The molecular weight excluding hydrogens is 384 g/mol. The van der Waals surface area contributed by atoms with E-state index in [1.165, 1.54) is 0 Å². The van der Waals surface area contributed by atoms with Gasteiger partial charge in [0, 0.05) is 10.6 Å². The third-order valence-electron chi connectivity index (χ3n) is 3.83. The van der Waals surface area contributed by atoms with Gasteiger partial charge in [-0.2, -0.15) is 0 Å². The molecule has 2 rings (SSSR count). The van der Waals surface area contributed by atoms with Crippen LogP contribution in [-0.4, -0.2) is 39.5 Å². The number of thioether (sulfide) groups is 1. The second kappa shape index (κ2) is 9.14. The Hall–Kier alpha value is -2.19. The van der Waals surface area contributed by atoms with Crippen LogP contribution < -0.4 is 14.4 Å². The summed E-state index contributed by atoms with van der Waals surface area (Å²) in [6, 6.07) is 13.1. The van der Waals surface area contributed by atoms with Gasteiger partial charge in [0.15, 0.2) is 0 Å². The first-order chi connectivity index (χ1) is 12.8. The van der Waals surface area contributed by atoms with Crippen molar-refractivity contribution in [3.63, 3.8) is 0 Å². The zero-order valence-electron chi connectivity index (χ0n) is 15.8. The molecule has 0 saturated heterocycles. The molecule has 0 saturated carbocycles. The van der Waals surface area contributed by atoms with Gasteiger partial charge < -0.3 is 10.1 Å². The van der Waals surface area contributed by atoms with E-state index in [9.17, 15) is 13.2 Å². The number of hydrogen-bond donors (Lipinski definition) is 1. The third-order valence-corrected chi connectivity index (χ3v) is 5.79. The largest absolute Gasteiger partial charge is 0.494 e. The summed E-state index contributed by atoms with van der Waals surface area (Å²) in [7, 11) is -3.66. The molecule has 1 unspecified atom stereocenters. The Bertz CT molecular complexity index is 883. The summed E-state index contributed by atoms with van der Waals surface area (Å²) in [5.74, 6) is 0.230. The third kappa shape index (κ3) is 5.64. The summed E-state index contributed by atoms with van der Waals surface area (Å²) < 4.78 is 31.2. The van der Waals surface area contributed by atoms with Crippen molar-refractivity contribution in [1.82, 2.24) is 0 Å². The maximum atomic E-state index is 12.7. The number of sulfonamides is 1. The first-order valence-corrected chi connectivity index (χ1v) is 11.5. The van der Waals surface area contributed by atoms with E-state index >= 15 is 0 Å². The van der Waals surface area contributed by atoms with E-state index in [2.05, 4.69) is 5.32 Å². The number of nitrogens with zero attached hydrogens (tertiary/aromatic N) is 1. The predicted molar refractivity (Wildman–Crippen MR) is 111 cm³/mol. The number of amides is 1. The SMILES string of the molecule is CCOc1ccc(N(C(C)C(=O)Nc2cccc(SC)c2)S(C)(=O)=O)cc1. The maximum Gasteiger partial charge on any atom is 0.247 e. The summed E-state index contributed by atoms with van der Waals surface area (Å²) >= 11 is 1.56. The second-order valence-corrected chi connectivity index (χ2v) is 8.62. The molecule has 0 fully saturated rings. The lowest BCUT2D eigenvalue weighted by molar-refractivity contribution is -0.116. The van der Waals surface area contributed by atoms with Gasteiger partial charge in [0.05, 0.1) is 18.6 Å². The Morgan fingerprint density at radius 2 is 1.89 bits per heavy atom. The number of rotatable bonds is 8. The van der Waals surface area contributed by atoms with Gasteiger partial charge in [-0.3, -0.25) is 9.10 Å². The number of carbonyl (C=O) groups excluding carboxylic acids is 1. The number of ether oxygens (including phenoxy) is 1. The number of hydrogen-bond acceptors (Lipinski definition) is 5. The van der Waals surface area contributed by atoms with Crippen molar-refractivity contribution in [1.29, 1.82) is 0 Å². The molecule has 0 aliphatic rings. The van der Waals surface area contributed by atoms with Crippen LogP contribution in [0.3, 0.4) is 0 Å². The van der Waals surface area contributed by atoms with E-state index in [1.54, 1.807) is 49.0 Å². The molecule has 2 aromatic carbocycles. The summed E-state index contributed by atoms with van der Waals surface area (Å²) in [6.07, 6.45) is 3.03. The van der Waals surface area contributed by atoms with Crippen molar-refractivity contribution in [2.45, 2.75) is 24.8 Å². The normalized spacial score (nSPS) is 12.3. The van der Waals surface area contributed by atoms with Crippen molar-refractivity contribution < 1.29 is 17.9 Å². The van der Waals surface area contributed by atoms with Crippen LogP contribution in [0.4, 0.5) is 11.4 Å². The Balaban J connectivity index is 2.26. The van der Waals surface area contributed by atoms with E-state index in [4.69, 9.17) is 4.74 Å². The number of benzene rings is 2. The molecule has 6 nitrogen and oxygen atoms in total. The molecule has 1 N–H and O–H groups in total. The summed E-state index contributed by atoms with van der Waals surface area (Å²) in [6.45, 7) is 3.95. The average molecular weight is 409 g/mol. The lowest BCUT2D eigenvalue weighted by Gasteiger charge is -2.28. The maximum absolute atomic E-state index is 12.7. The molecule has 8 heteroatoms. The highest BCUT2D eigenvalue weighted by molar-refractivity contribution is 7.98. The highest BCUT2D eigenvalue weighted by Crippen LogP contribution is 2.25. The molecule has 0 heterocycles. The minimum absolute atomic E-state index is 0.404. The van der Waals surface area contributed by atoms with Gasteiger partial charge in [0.2, 0.25) is 15.9 Å². The number of anilines is 2. The standard InChI is InChI=1S/C19H24N2O4S2/c1-5-25-17-11-9-16(10-12-17)21(27(4,23)24)14(2)19(22)20-15-7-6-8-18(13-15)26-3/h6-14H,5H2,1-4H3,(H,20,22). The lowest BCUT2D eigenvalue weighted by atomic mass is 10.2. The molecular formula is C19H24N2O4S2. The Kier molecular flexibility index (Phi) is 7.15. The smallest absolute Gasteiger partial charge is 0.247 e. The van der Waals surface area contributed by atoms with Crippen molar-refractivity contribution >= 4 is 39.1 Å². The van der Waals surface area contributed by atoms with Crippen LogP contribution in [0.25, 0.3) is 0 Å². The second-order valence-electron chi connectivity index (χ2n) is 5.88. The number of carbonyl (C=O) groups is 1. The zero-order valence-corrected chi connectivity index (χ0v) is 17.4. The molecule has 2 aromatic rings. The zero-order chi connectivity index (χ0) is 20.0. The molecule has 0 radical (unpaired) electrons. The van der Waals surface area contributed by atoms with Crippen molar-refractivity contribution in [2.75, 3.05) is 28.7 Å². The fourth-order valence-electron chi connectivity index (χ4n) is 2.61. The van der Waals surface area contributed by atoms with Gasteiger partial charge in [-0.1, -0.05) is 6.07 Å². The fraction of sp³-hybridized carbons (Fsp3) is 0.316. The molecule has 0 spiro atoms. The molecule has 0 aliphatic heterocycles. The van der Waals surface area contributed by atoms with Crippen LogP contribution in [0.5, 0.6) is 5.75 Å². The summed E-state index contributed by atoms with van der Waals surface area (Å²) in [4.78, 5) is 13.7. The molecule has 1 amide bonds. The van der Waals surface area contributed by atoms with Crippen LogP contribution in [0.15, 0.2) is 53.4 Å². The summed E-state index contributed by atoms with van der Waals surface area (Å²) in [5, 5.41) is 2.79.